The van der Waals surface area contributed by atoms with E-state index in [0.717, 1.165) is 0 Å². The zero-order chi connectivity index (χ0) is 68.6. The molecule has 0 aromatic carbocycles. The maximum Gasteiger partial charge on any atom is 0.187 e. The highest BCUT2D eigenvalue weighted by Gasteiger charge is 2.59. The van der Waals surface area contributed by atoms with E-state index >= 15 is 0 Å². The summed E-state index contributed by atoms with van der Waals surface area (Å²) in [7, 11) is 0. The summed E-state index contributed by atoms with van der Waals surface area (Å²) in [6.07, 6.45) is -84.2. The SMILES string of the molecule is OC[C@H]1O[C@@H](O[C@H]2[C@H](O)[C@@H](O)[C@H](O[C@H]3[C@H](O)[C@@H](O)[C@H](O[C@H]4[C@H](O)[C@@H](O)[C@H](O[C@H]5[C@H](O)[C@@H](O)[C@H](O[C@H]6[C@H](O)[C@@H](O)C(O)O[C@@H]6CO)O[C@@H]5CO[C@H]5OC[C@@H](O)[C@H](O)[C@H]5O)O[C@@H]4CO[C@H]4OC[C@@H](O)[C@H](O)[C@H]4O)O[C@@H]3CO[C@H]3OC[C@@H](O)[C@H](O)[C@H]3O)O[C@@H]2CO)[C@H](O)[C@@H](O)[C@@H]1O. The average Bonchev–Trinajstić information content (AvgIpc) is 0.777. The lowest BCUT2D eigenvalue weighted by Crippen LogP contribution is -2.68. The van der Waals surface area contributed by atoms with Gasteiger partial charge in [-0.25, -0.2) is 0 Å². The van der Waals surface area contributed by atoms with Gasteiger partial charge in [0.2, 0.25) is 0 Å². The van der Waals surface area contributed by atoms with Crippen LogP contribution in [-0.4, -0.2) is 450 Å². The van der Waals surface area contributed by atoms with Crippen molar-refractivity contribution in [3.63, 3.8) is 0 Å². The Kier molecular flexibility index (Phi) is 26.8. The minimum Gasteiger partial charge on any atom is -0.394 e. The number of rotatable bonds is 22. The van der Waals surface area contributed by atoms with Gasteiger partial charge in [0.05, 0.1) is 59.5 Å². The van der Waals surface area contributed by atoms with Gasteiger partial charge in [0.25, 0.3) is 0 Å². The highest BCUT2D eigenvalue weighted by atomic mass is 16.8. The maximum absolute atomic E-state index is 12.1. The summed E-state index contributed by atoms with van der Waals surface area (Å²) < 4.78 is 96.6. The number of aliphatic hydroxyl groups excluding tert-OH is 26. The lowest BCUT2D eigenvalue weighted by molar-refractivity contribution is -0.400. The second-order valence-corrected chi connectivity index (χ2v) is 24.0. The standard InChI is InChI=1S/C51H86O43/c52-1-13-22(61)23(62)33(72)47(85-13)91-39-15(3-54)86-48(34(73)25(39)64)92-40-16(7-81-44-30(69)19(58)10(55)4-78-44)88-50(36(75)27(40)66)94-42-18(9-83-46-32(71)21(60)12(57)6-80-46)89-51(37(76)28(42)67)93-41-17(8-82-45-31(70)20(59)11(56)5-79-45)87-49(35(74)26(41)65)90-38-14(2-53)84-43(77)29(68)24(38)63/h10-77H,1-9H2/t10-,11-,12-,13-,14-,15-,16-,17-,18-,19+,20+,21+,22-,23+,24-,25-,26-,27-,28-,29-,30-,31-,32-,33-,34-,35-,36-,37-,38-,39-,40-,41-,42-,43?,44-,45-,46-,47+,48+,49+,50+,51+/m1/s1. The first-order valence-corrected chi connectivity index (χ1v) is 29.9. The first-order valence-electron chi connectivity index (χ1n) is 29.9. The van der Waals surface area contributed by atoms with Crippen LogP contribution in [0.25, 0.3) is 0 Å². The van der Waals surface area contributed by atoms with Crippen LogP contribution in [0.4, 0.5) is 0 Å². The Hall–Kier alpha value is -1.72. The fraction of sp³-hybridized carbons (Fsp3) is 1.00. The van der Waals surface area contributed by atoms with Crippen molar-refractivity contribution in [2.24, 2.45) is 0 Å². The van der Waals surface area contributed by atoms with Gasteiger partial charge < -0.3 is 213 Å². The number of aliphatic hydroxyl groups is 26. The molecule has 0 bridgehead atoms. The van der Waals surface area contributed by atoms with Gasteiger partial charge in [-0.2, -0.15) is 0 Å². The van der Waals surface area contributed by atoms with Crippen molar-refractivity contribution < 1.29 is 213 Å². The Morgan fingerprint density at radius 3 is 0.755 bits per heavy atom. The van der Waals surface area contributed by atoms with E-state index in [0.29, 0.717) is 0 Å². The van der Waals surface area contributed by atoms with Crippen LogP contribution in [0.3, 0.4) is 0 Å². The van der Waals surface area contributed by atoms with Gasteiger partial charge in [-0.1, -0.05) is 0 Å². The molecule has 9 aliphatic heterocycles. The van der Waals surface area contributed by atoms with E-state index in [9.17, 15) is 133 Å². The molecule has 0 aliphatic carbocycles. The van der Waals surface area contributed by atoms with E-state index in [4.69, 9.17) is 80.5 Å². The highest BCUT2D eigenvalue weighted by Crippen LogP contribution is 2.38. The quantitative estimate of drug-likeness (QED) is 0.0479. The molecule has 1 unspecified atom stereocenters. The average molecular weight is 1390 g/mol. The van der Waals surface area contributed by atoms with Gasteiger partial charge in [0.15, 0.2) is 56.6 Å². The molecule has 9 fully saturated rings. The largest absolute Gasteiger partial charge is 0.394 e. The summed E-state index contributed by atoms with van der Waals surface area (Å²) in [5.41, 5.74) is 0. The summed E-state index contributed by atoms with van der Waals surface area (Å²) in [5, 5.41) is 280. The summed E-state index contributed by atoms with van der Waals surface area (Å²) >= 11 is 0. The van der Waals surface area contributed by atoms with Crippen molar-refractivity contribution in [3.05, 3.63) is 0 Å². The summed E-state index contributed by atoms with van der Waals surface area (Å²) in [5.74, 6) is 0. The van der Waals surface area contributed by atoms with Gasteiger partial charge >= 0.3 is 0 Å². The molecule has 42 atom stereocenters. The molecule has 0 spiro atoms. The molecule has 43 heteroatoms. The van der Waals surface area contributed by atoms with Crippen molar-refractivity contribution in [1.29, 1.82) is 0 Å². The Balaban J connectivity index is 0.968. The van der Waals surface area contributed by atoms with E-state index in [-0.39, 0.29) is 0 Å². The van der Waals surface area contributed by atoms with Gasteiger partial charge in [-0.15, -0.1) is 0 Å². The molecule has 548 valence electrons. The highest BCUT2D eigenvalue weighted by molar-refractivity contribution is 5.01. The first-order chi connectivity index (χ1) is 44.5. The van der Waals surface area contributed by atoms with Crippen LogP contribution in [-0.2, 0) is 80.5 Å². The van der Waals surface area contributed by atoms with Crippen LogP contribution in [0, 0.1) is 0 Å². The predicted octanol–water partition coefficient (Wildman–Crippen LogP) is -18.7. The number of ether oxygens (including phenoxy) is 17. The Labute approximate surface area is 530 Å². The van der Waals surface area contributed by atoms with Crippen LogP contribution in [0.1, 0.15) is 0 Å². The van der Waals surface area contributed by atoms with Crippen molar-refractivity contribution in [2.75, 3.05) is 59.5 Å². The number of hydrogen-bond donors (Lipinski definition) is 26. The molecular weight excluding hydrogens is 1300 g/mol. The summed E-state index contributed by atoms with van der Waals surface area (Å²) in [6.45, 7) is -7.71. The van der Waals surface area contributed by atoms with Crippen LogP contribution in [0.15, 0.2) is 0 Å². The normalized spacial score (nSPS) is 53.9. The van der Waals surface area contributed by atoms with Crippen LogP contribution < -0.4 is 0 Å². The van der Waals surface area contributed by atoms with Crippen molar-refractivity contribution in [1.82, 2.24) is 0 Å². The van der Waals surface area contributed by atoms with Crippen molar-refractivity contribution >= 4 is 0 Å². The molecule has 0 aromatic rings. The van der Waals surface area contributed by atoms with Gasteiger partial charge in [0.1, 0.15) is 201 Å². The summed E-state index contributed by atoms with van der Waals surface area (Å²) in [4.78, 5) is 0. The molecule has 9 saturated heterocycles. The minimum absolute atomic E-state index is 0.595. The molecule has 0 aromatic heterocycles. The zero-order valence-corrected chi connectivity index (χ0v) is 49.2. The molecule has 26 N–H and O–H groups in total. The van der Waals surface area contributed by atoms with Gasteiger partial charge in [-0.3, -0.25) is 0 Å². The second-order valence-electron chi connectivity index (χ2n) is 24.0. The third-order valence-electron chi connectivity index (χ3n) is 17.5. The molecule has 0 radical (unpaired) electrons. The van der Waals surface area contributed by atoms with E-state index in [2.05, 4.69) is 0 Å². The van der Waals surface area contributed by atoms with E-state index in [1.54, 1.807) is 0 Å². The Morgan fingerprint density at radius 2 is 0.457 bits per heavy atom. The third-order valence-corrected chi connectivity index (χ3v) is 17.5. The molecule has 94 heavy (non-hydrogen) atoms. The minimum atomic E-state index is -2.44. The molecule has 9 heterocycles. The lowest BCUT2D eigenvalue weighted by atomic mass is 9.95. The Morgan fingerprint density at radius 1 is 0.223 bits per heavy atom. The third kappa shape index (κ3) is 16.3. The molecular formula is C51H86O43. The fourth-order valence-electron chi connectivity index (χ4n) is 11.8. The fourth-order valence-corrected chi connectivity index (χ4v) is 11.8. The smallest absolute Gasteiger partial charge is 0.187 e. The predicted molar refractivity (Wildman–Crippen MR) is 279 cm³/mol. The number of hydrogen-bond acceptors (Lipinski definition) is 43. The molecule has 9 rings (SSSR count). The van der Waals surface area contributed by atoms with Gasteiger partial charge in [0, 0.05) is 0 Å². The molecule has 9 aliphatic rings. The Bertz CT molecular complexity index is 2290. The summed E-state index contributed by atoms with van der Waals surface area (Å²) in [6, 6.07) is 0. The maximum atomic E-state index is 12.1. The van der Waals surface area contributed by atoms with Crippen molar-refractivity contribution in [2.45, 2.75) is 258 Å². The van der Waals surface area contributed by atoms with Crippen LogP contribution in [0.5, 0.6) is 0 Å². The van der Waals surface area contributed by atoms with Crippen molar-refractivity contribution in [3.8, 4) is 0 Å². The molecule has 43 nitrogen and oxygen atoms in total. The second kappa shape index (κ2) is 32.9. The molecule has 0 amide bonds. The van der Waals surface area contributed by atoms with E-state index < -0.39 is 318 Å². The first kappa shape index (κ1) is 76.5. The topological polar surface area (TPSA) is 683 Å². The van der Waals surface area contributed by atoms with E-state index in [1.807, 2.05) is 0 Å². The van der Waals surface area contributed by atoms with Crippen LogP contribution >= 0.6 is 0 Å². The van der Waals surface area contributed by atoms with Crippen LogP contribution in [0.2, 0.25) is 0 Å². The monoisotopic (exact) mass is 1390 g/mol. The zero-order valence-electron chi connectivity index (χ0n) is 49.2. The lowest BCUT2D eigenvalue weighted by Gasteiger charge is -2.50. The van der Waals surface area contributed by atoms with Gasteiger partial charge in [-0.05, 0) is 0 Å². The van der Waals surface area contributed by atoms with E-state index in [1.165, 1.54) is 0 Å². The molecule has 0 saturated carbocycles.